The van der Waals surface area contributed by atoms with Crippen molar-refractivity contribution in [3.63, 3.8) is 0 Å². The van der Waals surface area contributed by atoms with Crippen LogP contribution in [-0.4, -0.2) is 78.1 Å². The lowest BCUT2D eigenvalue weighted by Gasteiger charge is -2.32. The summed E-state index contributed by atoms with van der Waals surface area (Å²) in [5.41, 5.74) is 5.40. The number of anilines is 1. The van der Waals surface area contributed by atoms with Gasteiger partial charge in [0.2, 0.25) is 0 Å². The fraction of sp³-hybridized carbons (Fsp3) is 0.391. The van der Waals surface area contributed by atoms with Gasteiger partial charge >= 0.3 is 6.09 Å². The molecule has 1 aromatic carbocycles. The van der Waals surface area contributed by atoms with E-state index in [1.54, 1.807) is 4.90 Å². The zero-order valence-corrected chi connectivity index (χ0v) is 20.1. The van der Waals surface area contributed by atoms with E-state index in [1.807, 2.05) is 30.5 Å². The van der Waals surface area contributed by atoms with Crippen LogP contribution in [0, 0.1) is 0 Å². The van der Waals surface area contributed by atoms with Gasteiger partial charge in [-0.05, 0) is 42.4 Å². The van der Waals surface area contributed by atoms with Crippen molar-refractivity contribution in [2.75, 3.05) is 51.7 Å². The van der Waals surface area contributed by atoms with Gasteiger partial charge in [0.15, 0.2) is 0 Å². The molecule has 0 spiro atoms. The van der Waals surface area contributed by atoms with E-state index in [2.05, 4.69) is 33.2 Å². The van der Waals surface area contributed by atoms with E-state index in [1.165, 1.54) is 5.56 Å². The Hall–Kier alpha value is -2.52. The normalized spacial score (nSPS) is 19.7. The lowest BCUT2D eigenvalue weighted by atomic mass is 10.0. The van der Waals surface area contributed by atoms with E-state index < -0.39 is 0 Å². The Morgan fingerprint density at radius 2 is 1.79 bits per heavy atom. The highest BCUT2D eigenvalue weighted by Crippen LogP contribution is 2.34. The number of benzene rings is 1. The van der Waals surface area contributed by atoms with Gasteiger partial charge in [-0.3, -0.25) is 9.69 Å². The summed E-state index contributed by atoms with van der Waals surface area (Å²) in [6, 6.07) is 7.94. The number of ether oxygens (including phenoxy) is 1. The second kappa shape index (κ2) is 10.6. The van der Waals surface area contributed by atoms with E-state index in [9.17, 15) is 9.59 Å². The second-order valence-corrected chi connectivity index (χ2v) is 8.47. The van der Waals surface area contributed by atoms with Gasteiger partial charge in [0.1, 0.15) is 6.61 Å². The first-order valence-corrected chi connectivity index (χ1v) is 10.7. The molecule has 0 atom stereocenters. The summed E-state index contributed by atoms with van der Waals surface area (Å²) in [5, 5.41) is 2.93. The number of cyclic esters (lactones) is 1. The van der Waals surface area contributed by atoms with E-state index in [0.29, 0.717) is 25.3 Å². The molecule has 1 aromatic heterocycles. The van der Waals surface area contributed by atoms with Crippen LogP contribution >= 0.6 is 24.8 Å². The molecule has 2 aromatic rings. The maximum atomic E-state index is 12.6. The van der Waals surface area contributed by atoms with Crippen LogP contribution in [0.3, 0.4) is 0 Å². The second-order valence-electron chi connectivity index (χ2n) is 8.47. The predicted octanol–water partition coefficient (Wildman–Crippen LogP) is 3.05. The summed E-state index contributed by atoms with van der Waals surface area (Å²) in [5.74, 6) is -0.108. The zero-order chi connectivity index (χ0) is 21.4. The fourth-order valence-electron chi connectivity index (χ4n) is 4.32. The molecule has 2 saturated heterocycles. The maximum Gasteiger partial charge on any atom is 0.410 e. The molecule has 0 aliphatic carbocycles. The largest absolute Gasteiger partial charge is 0.448 e. The number of fused-ring (bicyclic) bond motifs is 1. The quantitative estimate of drug-likeness (QED) is 0.625. The lowest BCUT2D eigenvalue weighted by Crippen LogP contribution is -2.43. The molecule has 3 aliphatic heterocycles. The van der Waals surface area contributed by atoms with Crippen LogP contribution in [0.15, 0.2) is 30.5 Å². The molecule has 2 N–H and O–H groups in total. The van der Waals surface area contributed by atoms with Crippen molar-refractivity contribution < 1.29 is 14.3 Å². The summed E-state index contributed by atoms with van der Waals surface area (Å²) in [6.45, 7) is 6.73. The van der Waals surface area contributed by atoms with Crippen LogP contribution in [0.5, 0.6) is 0 Å². The van der Waals surface area contributed by atoms with Crippen molar-refractivity contribution in [1.29, 1.82) is 0 Å². The maximum absolute atomic E-state index is 12.6. The minimum Gasteiger partial charge on any atom is -0.448 e. The summed E-state index contributed by atoms with van der Waals surface area (Å²) in [6.07, 6.45) is 3.64. The number of rotatable bonds is 5. The van der Waals surface area contributed by atoms with Crippen molar-refractivity contribution in [2.45, 2.75) is 13.1 Å². The third kappa shape index (κ3) is 5.52. The smallest absolute Gasteiger partial charge is 0.410 e. The Morgan fingerprint density at radius 3 is 2.52 bits per heavy atom. The molecule has 0 saturated carbocycles. The van der Waals surface area contributed by atoms with Crippen molar-refractivity contribution >= 4 is 54.2 Å². The van der Waals surface area contributed by atoms with Gasteiger partial charge in [-0.25, -0.2) is 4.79 Å². The average Bonchev–Trinajstić information content (AvgIpc) is 3.45. The van der Waals surface area contributed by atoms with Gasteiger partial charge in [0.05, 0.1) is 12.1 Å². The van der Waals surface area contributed by atoms with Crippen molar-refractivity contribution in [3.8, 4) is 0 Å². The Bertz CT molecular complexity index is 1050. The highest BCUT2D eigenvalue weighted by atomic mass is 35.5. The van der Waals surface area contributed by atoms with Crippen LogP contribution in [0.2, 0.25) is 0 Å². The number of H-pyrrole nitrogens is 1. The van der Waals surface area contributed by atoms with Gasteiger partial charge in [-0.1, -0.05) is 6.07 Å². The fourth-order valence-corrected chi connectivity index (χ4v) is 4.32. The first kappa shape index (κ1) is 25.1. The van der Waals surface area contributed by atoms with E-state index >= 15 is 0 Å². The number of piperazine rings is 1. The van der Waals surface area contributed by atoms with Crippen molar-refractivity contribution in [1.82, 2.24) is 19.7 Å². The molecule has 10 heteroatoms. The summed E-state index contributed by atoms with van der Waals surface area (Å²) in [4.78, 5) is 34.1. The summed E-state index contributed by atoms with van der Waals surface area (Å²) in [7, 11) is 2.16. The minimum absolute atomic E-state index is 0. The standard InChI is InChI=1S/C23H27N5O3.2ClH/c1-26-4-6-27(7-5-26)14-17-10-18(24-13-17)12-20-19-11-16(2-3-21(19)25-22(20)29)15-28-8-9-31-23(28)30;;/h2-3,10-13,24H,4-9,14-15H2,1H3,(H,25,29);2*1H/b20-12-;;. The number of aromatic nitrogens is 1. The summed E-state index contributed by atoms with van der Waals surface area (Å²) < 4.78 is 5.01. The van der Waals surface area contributed by atoms with Gasteiger partial charge in [0, 0.05) is 62.4 Å². The molecule has 33 heavy (non-hydrogen) atoms. The number of aromatic amines is 1. The van der Waals surface area contributed by atoms with Gasteiger partial charge in [-0.2, -0.15) is 0 Å². The van der Waals surface area contributed by atoms with Crippen LogP contribution in [-0.2, 0) is 22.6 Å². The van der Waals surface area contributed by atoms with E-state index in [0.717, 1.165) is 55.2 Å². The number of carbonyl (C=O) groups excluding carboxylic acids is 2. The minimum atomic E-state index is -0.287. The first-order chi connectivity index (χ1) is 15.0. The molecule has 4 heterocycles. The van der Waals surface area contributed by atoms with Crippen LogP contribution < -0.4 is 5.32 Å². The zero-order valence-electron chi connectivity index (χ0n) is 18.5. The number of nitrogens with one attached hydrogen (secondary N) is 2. The third-order valence-electron chi connectivity index (χ3n) is 6.15. The number of likely N-dealkylation sites (N-methyl/N-ethyl adjacent to an activating group) is 1. The third-order valence-corrected chi connectivity index (χ3v) is 6.15. The molecule has 178 valence electrons. The molecule has 3 aliphatic rings. The molecular weight excluding hydrogens is 465 g/mol. The van der Waals surface area contributed by atoms with Crippen molar-refractivity contribution in [2.24, 2.45) is 0 Å². The Morgan fingerprint density at radius 1 is 1.00 bits per heavy atom. The number of amides is 2. The number of hydrogen-bond donors (Lipinski definition) is 2. The molecule has 0 bridgehead atoms. The number of hydrogen-bond acceptors (Lipinski definition) is 5. The molecule has 8 nitrogen and oxygen atoms in total. The highest BCUT2D eigenvalue weighted by molar-refractivity contribution is 6.34. The summed E-state index contributed by atoms with van der Waals surface area (Å²) >= 11 is 0. The molecule has 5 rings (SSSR count). The highest BCUT2D eigenvalue weighted by Gasteiger charge is 2.26. The lowest BCUT2D eigenvalue weighted by molar-refractivity contribution is -0.110. The number of nitrogens with zero attached hydrogens (tertiary/aromatic N) is 3. The average molecular weight is 494 g/mol. The molecule has 0 unspecified atom stereocenters. The van der Waals surface area contributed by atoms with Crippen LogP contribution in [0.25, 0.3) is 11.6 Å². The Kier molecular flexibility index (Phi) is 8.07. The van der Waals surface area contributed by atoms with Gasteiger partial charge < -0.3 is 24.8 Å². The molecule has 2 fully saturated rings. The van der Waals surface area contributed by atoms with Crippen LogP contribution in [0.1, 0.15) is 22.4 Å². The number of carbonyl (C=O) groups is 2. The molecule has 2 amide bonds. The Labute approximate surface area is 205 Å². The number of halogens is 2. The van der Waals surface area contributed by atoms with Crippen molar-refractivity contribution in [3.05, 3.63) is 52.8 Å². The molecule has 0 radical (unpaired) electrons. The SMILES string of the molecule is CN1CCN(Cc2c[nH]c(/C=C3\C(=O)Nc4ccc(CN5CCOC5=O)cc43)c2)CC1.Cl.Cl. The predicted molar refractivity (Wildman–Crippen MR) is 133 cm³/mol. The van der Waals surface area contributed by atoms with E-state index in [4.69, 9.17) is 4.74 Å². The van der Waals surface area contributed by atoms with Crippen LogP contribution in [0.4, 0.5) is 10.5 Å². The first-order valence-electron chi connectivity index (χ1n) is 10.7. The van der Waals surface area contributed by atoms with E-state index in [-0.39, 0.29) is 36.8 Å². The Balaban J connectivity index is 0.00000153. The van der Waals surface area contributed by atoms with Gasteiger partial charge in [0.25, 0.3) is 5.91 Å². The van der Waals surface area contributed by atoms with Gasteiger partial charge in [-0.15, -0.1) is 24.8 Å². The topological polar surface area (TPSA) is 80.9 Å². The molecular formula is C23H29Cl2N5O3. The monoisotopic (exact) mass is 493 g/mol.